The zero-order valence-electron chi connectivity index (χ0n) is 19.3. The van der Waals surface area contributed by atoms with Crippen molar-refractivity contribution in [2.45, 2.75) is 52.5 Å². The molecule has 0 saturated heterocycles. The molecule has 3 heterocycles. The number of rotatable bonds is 7. The number of ether oxygens (including phenoxy) is 1. The van der Waals surface area contributed by atoms with Crippen LogP contribution in [-0.2, 0) is 9.53 Å². The average molecular weight is 481 g/mol. The minimum absolute atomic E-state index is 0.137. The molecule has 172 valence electrons. The van der Waals surface area contributed by atoms with E-state index < -0.39 is 12.0 Å². The lowest BCUT2D eigenvalue weighted by Crippen LogP contribution is -2.39. The smallest absolute Gasteiger partial charge is 0.338 e. The molecule has 4 rings (SSSR count). The van der Waals surface area contributed by atoms with Crippen molar-refractivity contribution in [2.24, 2.45) is 4.99 Å². The Bertz CT molecular complexity index is 1340. The molecule has 0 spiro atoms. The Morgan fingerprint density at radius 1 is 1.21 bits per heavy atom. The lowest BCUT2D eigenvalue weighted by Gasteiger charge is -2.24. The monoisotopic (exact) mass is 480 g/mol. The lowest BCUT2D eigenvalue weighted by molar-refractivity contribution is -0.139. The molecule has 0 saturated carbocycles. The fraction of sp³-hybridized carbons (Fsp3) is 0.346. The van der Waals surface area contributed by atoms with Gasteiger partial charge in [-0.2, -0.15) is 0 Å². The van der Waals surface area contributed by atoms with Gasteiger partial charge in [0.2, 0.25) is 0 Å². The molecule has 3 aromatic rings. The van der Waals surface area contributed by atoms with Gasteiger partial charge in [-0.1, -0.05) is 68.9 Å². The van der Waals surface area contributed by atoms with E-state index in [1.54, 1.807) is 11.5 Å². The Labute approximate surface area is 201 Å². The van der Waals surface area contributed by atoms with E-state index in [9.17, 15) is 9.59 Å². The third kappa shape index (κ3) is 4.66. The third-order valence-electron chi connectivity index (χ3n) is 5.61. The molecule has 1 unspecified atom stereocenters. The second-order valence-electron chi connectivity index (χ2n) is 8.25. The number of carbonyl (C=O) groups is 1. The molecule has 0 aliphatic carbocycles. The van der Waals surface area contributed by atoms with Gasteiger partial charge < -0.3 is 4.74 Å². The van der Waals surface area contributed by atoms with Crippen LogP contribution in [0.5, 0.6) is 0 Å². The molecule has 0 amide bonds. The summed E-state index contributed by atoms with van der Waals surface area (Å²) in [5.74, 6) is 0.0510. The van der Waals surface area contributed by atoms with Crippen LogP contribution in [0.25, 0.3) is 6.08 Å². The SMILES string of the molecule is CCCC1=C(C(=O)OCC)C(c2cccs2)n2c(s/c(=C\c3ccc(C(C)C)cc3)c2=O)=N1. The van der Waals surface area contributed by atoms with Gasteiger partial charge in [0.25, 0.3) is 5.56 Å². The summed E-state index contributed by atoms with van der Waals surface area (Å²) in [5.41, 5.74) is 3.28. The highest BCUT2D eigenvalue weighted by atomic mass is 32.1. The van der Waals surface area contributed by atoms with E-state index in [0.717, 1.165) is 16.9 Å². The second-order valence-corrected chi connectivity index (χ2v) is 10.2. The van der Waals surface area contributed by atoms with Crippen LogP contribution in [0.1, 0.15) is 68.5 Å². The minimum atomic E-state index is -0.521. The van der Waals surface area contributed by atoms with Crippen molar-refractivity contribution in [1.82, 2.24) is 4.57 Å². The summed E-state index contributed by atoms with van der Waals surface area (Å²) in [6.45, 7) is 8.44. The Kier molecular flexibility index (Phi) is 7.10. The minimum Gasteiger partial charge on any atom is -0.463 e. The van der Waals surface area contributed by atoms with Crippen molar-refractivity contribution < 1.29 is 9.53 Å². The topological polar surface area (TPSA) is 60.7 Å². The van der Waals surface area contributed by atoms with Crippen molar-refractivity contribution >= 4 is 34.7 Å². The van der Waals surface area contributed by atoms with E-state index in [4.69, 9.17) is 9.73 Å². The number of hydrogen-bond acceptors (Lipinski definition) is 6. The van der Waals surface area contributed by atoms with E-state index in [2.05, 4.69) is 32.9 Å². The highest BCUT2D eigenvalue weighted by molar-refractivity contribution is 7.10. The molecule has 7 heteroatoms. The first-order valence-electron chi connectivity index (χ1n) is 11.3. The molecule has 1 aliphatic heterocycles. The van der Waals surface area contributed by atoms with Crippen LogP contribution in [0.15, 0.2) is 62.8 Å². The predicted molar refractivity (Wildman–Crippen MR) is 134 cm³/mol. The van der Waals surface area contributed by atoms with Gasteiger partial charge in [0, 0.05) is 4.88 Å². The van der Waals surface area contributed by atoms with Crippen LogP contribution in [-0.4, -0.2) is 17.1 Å². The highest BCUT2D eigenvalue weighted by Gasteiger charge is 2.34. The van der Waals surface area contributed by atoms with Crippen LogP contribution < -0.4 is 14.9 Å². The number of carbonyl (C=O) groups excluding carboxylic acids is 1. The predicted octanol–water partition coefficient (Wildman–Crippen LogP) is 4.76. The summed E-state index contributed by atoms with van der Waals surface area (Å²) in [6, 6.07) is 11.7. The van der Waals surface area contributed by atoms with Crippen LogP contribution >= 0.6 is 22.7 Å². The van der Waals surface area contributed by atoms with E-state index in [-0.39, 0.29) is 12.2 Å². The maximum Gasteiger partial charge on any atom is 0.338 e. The summed E-state index contributed by atoms with van der Waals surface area (Å²) in [6.07, 6.45) is 3.40. The van der Waals surface area contributed by atoms with Crippen molar-refractivity contribution in [3.63, 3.8) is 0 Å². The van der Waals surface area contributed by atoms with E-state index in [0.29, 0.717) is 32.9 Å². The maximum absolute atomic E-state index is 13.6. The van der Waals surface area contributed by atoms with Gasteiger partial charge in [0.1, 0.15) is 6.04 Å². The molecule has 0 radical (unpaired) electrons. The van der Waals surface area contributed by atoms with Gasteiger partial charge in [-0.25, -0.2) is 9.79 Å². The van der Waals surface area contributed by atoms with Crippen LogP contribution in [0.2, 0.25) is 0 Å². The van der Waals surface area contributed by atoms with E-state index in [1.165, 1.54) is 28.2 Å². The van der Waals surface area contributed by atoms with Gasteiger partial charge in [0.15, 0.2) is 4.80 Å². The first-order valence-corrected chi connectivity index (χ1v) is 13.0. The normalized spacial score (nSPS) is 16.2. The number of allylic oxidation sites excluding steroid dienone is 1. The van der Waals surface area contributed by atoms with E-state index >= 15 is 0 Å². The summed E-state index contributed by atoms with van der Waals surface area (Å²) in [7, 11) is 0. The van der Waals surface area contributed by atoms with Gasteiger partial charge in [-0.05, 0) is 47.9 Å². The first-order chi connectivity index (χ1) is 15.9. The number of fused-ring (bicyclic) bond motifs is 1. The quantitative estimate of drug-likeness (QED) is 0.458. The summed E-state index contributed by atoms with van der Waals surface area (Å²) in [5, 5.41) is 1.96. The first kappa shape index (κ1) is 23.4. The van der Waals surface area contributed by atoms with Gasteiger partial charge >= 0.3 is 5.97 Å². The molecule has 0 bridgehead atoms. The second kappa shape index (κ2) is 10.0. The van der Waals surface area contributed by atoms with Gasteiger partial charge in [-0.15, -0.1) is 11.3 Å². The fourth-order valence-electron chi connectivity index (χ4n) is 3.97. The molecule has 0 fully saturated rings. The van der Waals surface area contributed by atoms with Gasteiger partial charge in [0.05, 0.1) is 22.4 Å². The maximum atomic E-state index is 13.6. The van der Waals surface area contributed by atoms with Crippen molar-refractivity contribution in [1.29, 1.82) is 0 Å². The zero-order chi connectivity index (χ0) is 23.5. The molecular weight excluding hydrogens is 452 g/mol. The van der Waals surface area contributed by atoms with Gasteiger partial charge in [-0.3, -0.25) is 9.36 Å². The van der Waals surface area contributed by atoms with Crippen LogP contribution in [0, 0.1) is 0 Å². The molecule has 1 aromatic carbocycles. The number of thiophene rings is 1. The Balaban J connectivity index is 1.91. The zero-order valence-corrected chi connectivity index (χ0v) is 21.0. The van der Waals surface area contributed by atoms with Crippen molar-refractivity contribution in [3.05, 3.63) is 88.7 Å². The summed E-state index contributed by atoms with van der Waals surface area (Å²) < 4.78 is 7.67. The Morgan fingerprint density at radius 2 is 1.97 bits per heavy atom. The van der Waals surface area contributed by atoms with Crippen molar-refractivity contribution in [2.75, 3.05) is 6.61 Å². The molecule has 0 N–H and O–H groups in total. The standard InChI is InChI=1S/C26H28N2O3S2/c1-5-8-19-22(25(30)31-6-2)23(20-9-7-14-32-20)28-24(29)21(33-26(28)27-19)15-17-10-12-18(13-11-17)16(3)4/h7,9-16,23H,5-6,8H2,1-4H3/b21-15-. The third-order valence-corrected chi connectivity index (χ3v) is 7.51. The van der Waals surface area contributed by atoms with E-state index in [1.807, 2.05) is 35.7 Å². The van der Waals surface area contributed by atoms with Crippen LogP contribution in [0.4, 0.5) is 0 Å². The number of hydrogen-bond donors (Lipinski definition) is 0. The number of esters is 1. The molecular formula is C26H28N2O3S2. The summed E-state index contributed by atoms with van der Waals surface area (Å²) >= 11 is 2.90. The molecule has 1 atom stereocenters. The molecule has 33 heavy (non-hydrogen) atoms. The van der Waals surface area contributed by atoms with Crippen molar-refractivity contribution in [3.8, 4) is 0 Å². The largest absolute Gasteiger partial charge is 0.463 e. The number of aromatic nitrogens is 1. The average Bonchev–Trinajstić information content (AvgIpc) is 3.42. The number of thiazole rings is 1. The molecule has 1 aliphatic rings. The highest BCUT2D eigenvalue weighted by Crippen LogP contribution is 2.34. The molecule has 2 aromatic heterocycles. The lowest BCUT2D eigenvalue weighted by atomic mass is 9.99. The Morgan fingerprint density at radius 3 is 2.58 bits per heavy atom. The number of nitrogens with zero attached hydrogens (tertiary/aromatic N) is 2. The number of benzene rings is 1. The Hall–Kier alpha value is -2.77. The summed E-state index contributed by atoms with van der Waals surface area (Å²) in [4.78, 5) is 33.0. The fourth-order valence-corrected chi connectivity index (χ4v) is 5.81. The molecule has 5 nitrogen and oxygen atoms in total. The van der Waals surface area contributed by atoms with Crippen LogP contribution in [0.3, 0.4) is 0 Å².